The van der Waals surface area contributed by atoms with Crippen molar-refractivity contribution in [3.05, 3.63) is 0 Å². The highest BCUT2D eigenvalue weighted by molar-refractivity contribution is 7.81. The molecule has 12 heteroatoms. The molecule has 24 heavy (non-hydrogen) atoms. The molecule has 0 aromatic rings. The van der Waals surface area contributed by atoms with Gasteiger partial charge in [-0.3, -0.25) is 0 Å². The van der Waals surface area contributed by atoms with Gasteiger partial charge in [-0.25, -0.2) is 0 Å². The predicted molar refractivity (Wildman–Crippen MR) is 76.5 cm³/mol. The third kappa shape index (κ3) is 3.70. The predicted octanol–water partition coefficient (Wildman–Crippen LogP) is -5.14. The van der Waals surface area contributed by atoms with Crippen LogP contribution in [0.3, 0.4) is 0 Å². The van der Waals surface area contributed by atoms with Crippen molar-refractivity contribution in [2.75, 3.05) is 13.2 Å². The zero-order valence-electron chi connectivity index (χ0n) is 12.4. The van der Waals surface area contributed by atoms with Crippen LogP contribution < -0.4 is 0 Å². The van der Waals surface area contributed by atoms with Crippen molar-refractivity contribution in [1.29, 1.82) is 0 Å². The Kier molecular flexibility index (Phi) is 6.45. The SMILES string of the molecule is OC[C@H]1O[C@H](OC[C@]2(S)O[C@@H](O)[C@H](O)[C@H](O)[C@@H]2O)[C@H](O)[C@@H](O)[C@@H]1O. The lowest BCUT2D eigenvalue weighted by Crippen LogP contribution is -2.65. The molecule has 2 rings (SSSR count). The van der Waals surface area contributed by atoms with Gasteiger partial charge in [-0.1, -0.05) is 0 Å². The van der Waals surface area contributed by atoms with Gasteiger partial charge in [0.25, 0.3) is 0 Å². The maximum atomic E-state index is 9.94. The zero-order valence-corrected chi connectivity index (χ0v) is 13.3. The molecule has 2 heterocycles. The normalized spacial score (nSPS) is 53.1. The van der Waals surface area contributed by atoms with E-state index in [0.29, 0.717) is 0 Å². The van der Waals surface area contributed by atoms with E-state index in [1.807, 2.05) is 0 Å². The average molecular weight is 374 g/mol. The van der Waals surface area contributed by atoms with Crippen molar-refractivity contribution in [3.63, 3.8) is 0 Å². The van der Waals surface area contributed by atoms with Crippen molar-refractivity contribution < 1.29 is 55.1 Å². The first-order valence-corrected chi connectivity index (χ1v) is 7.61. The Balaban J connectivity index is 2.03. The smallest absolute Gasteiger partial charge is 0.186 e. The molecule has 2 fully saturated rings. The van der Waals surface area contributed by atoms with E-state index in [1.54, 1.807) is 0 Å². The van der Waals surface area contributed by atoms with E-state index in [9.17, 15) is 35.7 Å². The molecule has 0 bridgehead atoms. The van der Waals surface area contributed by atoms with Gasteiger partial charge in [0.15, 0.2) is 17.5 Å². The lowest BCUT2D eigenvalue weighted by molar-refractivity contribution is -0.332. The maximum absolute atomic E-state index is 9.94. The van der Waals surface area contributed by atoms with Gasteiger partial charge >= 0.3 is 0 Å². The van der Waals surface area contributed by atoms with Crippen LogP contribution in [-0.2, 0) is 14.2 Å². The van der Waals surface area contributed by atoms with E-state index in [2.05, 4.69) is 12.6 Å². The summed E-state index contributed by atoms with van der Waals surface area (Å²) in [6.07, 6.45) is -14.8. The summed E-state index contributed by atoms with van der Waals surface area (Å²) in [5, 5.41) is 76.8. The largest absolute Gasteiger partial charge is 0.394 e. The molecule has 0 amide bonds. The van der Waals surface area contributed by atoms with E-state index in [4.69, 9.17) is 19.3 Å². The minimum absolute atomic E-state index is 0.638. The number of ether oxygens (including phenoxy) is 3. The molecule has 0 aromatic carbocycles. The van der Waals surface area contributed by atoms with Crippen LogP contribution in [0.15, 0.2) is 0 Å². The Hall–Kier alpha value is -0.0900. The Labute approximate surface area is 142 Å². The summed E-state index contributed by atoms with van der Waals surface area (Å²) in [6, 6.07) is 0. The lowest BCUT2D eigenvalue weighted by atomic mass is 9.98. The van der Waals surface area contributed by atoms with Gasteiger partial charge < -0.3 is 55.1 Å². The molecule has 0 saturated carbocycles. The molecule has 0 aromatic heterocycles. The fourth-order valence-electron chi connectivity index (χ4n) is 2.50. The van der Waals surface area contributed by atoms with E-state index >= 15 is 0 Å². The van der Waals surface area contributed by atoms with E-state index in [1.165, 1.54) is 0 Å². The molecule has 2 aliphatic rings. The topological polar surface area (TPSA) is 190 Å². The van der Waals surface area contributed by atoms with Crippen molar-refractivity contribution in [2.45, 2.75) is 60.2 Å². The third-order valence-corrected chi connectivity index (χ3v) is 4.55. The minimum atomic E-state index is -1.96. The lowest BCUT2D eigenvalue weighted by Gasteiger charge is -2.46. The summed E-state index contributed by atoms with van der Waals surface area (Å²) in [5.74, 6) is 0. The van der Waals surface area contributed by atoms with Crippen LogP contribution in [-0.4, -0.2) is 114 Å². The summed E-state index contributed by atoms with van der Waals surface area (Å²) in [7, 11) is 0. The van der Waals surface area contributed by atoms with E-state index < -0.39 is 73.5 Å². The fourth-order valence-corrected chi connectivity index (χ4v) is 2.83. The second-order valence-corrected chi connectivity index (χ2v) is 6.54. The van der Waals surface area contributed by atoms with Gasteiger partial charge in [-0.15, -0.1) is 12.6 Å². The molecule has 10 atom stereocenters. The van der Waals surface area contributed by atoms with Gasteiger partial charge in [0.1, 0.15) is 42.7 Å². The Morgan fingerprint density at radius 3 is 2.08 bits per heavy atom. The average Bonchev–Trinajstić information content (AvgIpc) is 2.55. The summed E-state index contributed by atoms with van der Waals surface area (Å²) < 4.78 is 15.2. The summed E-state index contributed by atoms with van der Waals surface area (Å²) in [4.78, 5) is -1.96. The van der Waals surface area contributed by atoms with E-state index in [0.717, 1.165) is 0 Å². The van der Waals surface area contributed by atoms with Crippen molar-refractivity contribution in [1.82, 2.24) is 0 Å². The minimum Gasteiger partial charge on any atom is -0.394 e. The maximum Gasteiger partial charge on any atom is 0.186 e. The fraction of sp³-hybridized carbons (Fsp3) is 1.00. The highest BCUT2D eigenvalue weighted by atomic mass is 32.1. The number of hydrogen-bond donors (Lipinski definition) is 9. The highest BCUT2D eigenvalue weighted by Gasteiger charge is 2.53. The van der Waals surface area contributed by atoms with Crippen molar-refractivity contribution in [3.8, 4) is 0 Å². The number of thiol groups is 1. The van der Waals surface area contributed by atoms with Gasteiger partial charge in [0, 0.05) is 0 Å². The van der Waals surface area contributed by atoms with Gasteiger partial charge in [0.05, 0.1) is 13.2 Å². The first-order chi connectivity index (χ1) is 11.1. The van der Waals surface area contributed by atoms with Crippen molar-refractivity contribution in [2.24, 2.45) is 0 Å². The number of aliphatic hydroxyl groups is 8. The van der Waals surface area contributed by atoms with Crippen LogP contribution in [0.25, 0.3) is 0 Å². The zero-order chi connectivity index (χ0) is 18.2. The van der Waals surface area contributed by atoms with Crippen LogP contribution in [0.5, 0.6) is 0 Å². The Morgan fingerprint density at radius 2 is 1.50 bits per heavy atom. The van der Waals surface area contributed by atoms with Gasteiger partial charge in [0.2, 0.25) is 0 Å². The quantitative estimate of drug-likeness (QED) is 0.214. The van der Waals surface area contributed by atoms with Crippen LogP contribution in [0.4, 0.5) is 0 Å². The molecule has 2 aliphatic heterocycles. The summed E-state index contributed by atoms with van der Waals surface area (Å²) in [5.41, 5.74) is 0. The molecule has 0 unspecified atom stereocenters. The molecule has 0 spiro atoms. The first kappa shape index (κ1) is 20.2. The van der Waals surface area contributed by atoms with Gasteiger partial charge in [-0.2, -0.15) is 0 Å². The molecule has 0 radical (unpaired) electrons. The van der Waals surface area contributed by atoms with Crippen LogP contribution >= 0.6 is 12.6 Å². The summed E-state index contributed by atoms with van der Waals surface area (Å²) in [6.45, 7) is -1.29. The van der Waals surface area contributed by atoms with Crippen LogP contribution in [0, 0.1) is 0 Å². The number of rotatable bonds is 4. The Morgan fingerprint density at radius 1 is 0.875 bits per heavy atom. The molecule has 8 N–H and O–H groups in total. The monoisotopic (exact) mass is 374 g/mol. The summed E-state index contributed by atoms with van der Waals surface area (Å²) >= 11 is 3.99. The number of hydrogen-bond acceptors (Lipinski definition) is 12. The molecular weight excluding hydrogens is 352 g/mol. The Bertz CT molecular complexity index is 426. The molecule has 2 saturated heterocycles. The van der Waals surface area contributed by atoms with Crippen molar-refractivity contribution >= 4 is 12.6 Å². The second-order valence-electron chi connectivity index (χ2n) is 5.79. The first-order valence-electron chi connectivity index (χ1n) is 7.17. The highest BCUT2D eigenvalue weighted by Crippen LogP contribution is 2.34. The number of aliphatic hydroxyl groups excluding tert-OH is 8. The second kappa shape index (κ2) is 7.65. The molecule has 11 nitrogen and oxygen atoms in total. The van der Waals surface area contributed by atoms with E-state index in [-0.39, 0.29) is 0 Å². The molecule has 0 aliphatic carbocycles. The van der Waals surface area contributed by atoms with Crippen LogP contribution in [0.2, 0.25) is 0 Å². The van der Waals surface area contributed by atoms with Crippen LogP contribution in [0.1, 0.15) is 0 Å². The van der Waals surface area contributed by atoms with Gasteiger partial charge in [-0.05, 0) is 0 Å². The molecule has 142 valence electrons. The molecular formula is C12H22O11S. The third-order valence-electron chi connectivity index (χ3n) is 4.06. The standard InChI is InChI=1S/C12H22O11S/c13-1-3-4(14)5(15)8(18)11(22-3)21-2-12(24)9(19)6(16)7(17)10(20)23-12/h3-11,13-20,24H,1-2H2/t3-,4-,5+,6+,7-,8-,9+,10-,11+,12-/m1/s1.